The molecule has 41 heavy (non-hydrogen) atoms. The molecule has 4 aromatic rings. The lowest BCUT2D eigenvalue weighted by Gasteiger charge is -2.38. The van der Waals surface area contributed by atoms with Crippen LogP contribution in [0.25, 0.3) is 11.1 Å². The second-order valence-corrected chi connectivity index (χ2v) is 10.1. The van der Waals surface area contributed by atoms with Crippen molar-refractivity contribution in [1.29, 1.82) is 0 Å². The third kappa shape index (κ3) is 6.12. The summed E-state index contributed by atoms with van der Waals surface area (Å²) >= 11 is 6.29. The molecular formula is C30H26ClN5O5. The molecule has 0 aliphatic carbocycles. The van der Waals surface area contributed by atoms with Crippen molar-refractivity contribution in [3.63, 3.8) is 0 Å². The number of halogens is 1. The van der Waals surface area contributed by atoms with E-state index in [4.69, 9.17) is 16.7 Å². The number of hydrogen-bond acceptors (Lipinski definition) is 5. The first kappa shape index (κ1) is 27.6. The molecular weight excluding hydrogens is 546 g/mol. The third-order valence-corrected chi connectivity index (χ3v) is 7.07. The van der Waals surface area contributed by atoms with E-state index in [1.54, 1.807) is 42.3 Å². The van der Waals surface area contributed by atoms with E-state index in [1.165, 1.54) is 34.1 Å². The summed E-state index contributed by atoms with van der Waals surface area (Å²) in [6.07, 6.45) is 3.65. The van der Waals surface area contributed by atoms with Gasteiger partial charge in [0.2, 0.25) is 17.7 Å². The average Bonchev–Trinajstić information content (AvgIpc) is 3.39. The summed E-state index contributed by atoms with van der Waals surface area (Å²) in [5.74, 6) is -2.35. The van der Waals surface area contributed by atoms with Crippen molar-refractivity contribution in [2.24, 2.45) is 7.05 Å². The Labute approximate surface area is 240 Å². The maximum absolute atomic E-state index is 13.6. The Kier molecular flexibility index (Phi) is 7.84. The van der Waals surface area contributed by atoms with Crippen LogP contribution in [0.2, 0.25) is 5.02 Å². The highest BCUT2D eigenvalue weighted by molar-refractivity contribution is 6.31. The number of carboxylic acids is 1. The van der Waals surface area contributed by atoms with Gasteiger partial charge in [-0.25, -0.2) is 4.79 Å². The van der Waals surface area contributed by atoms with Gasteiger partial charge in [-0.05, 0) is 42.0 Å². The van der Waals surface area contributed by atoms with Crippen LogP contribution in [-0.2, 0) is 27.9 Å². The number of piperazine rings is 1. The van der Waals surface area contributed by atoms with Crippen molar-refractivity contribution in [3.05, 3.63) is 101 Å². The number of anilines is 2. The van der Waals surface area contributed by atoms with E-state index in [9.17, 15) is 19.2 Å². The summed E-state index contributed by atoms with van der Waals surface area (Å²) in [4.78, 5) is 54.6. The molecule has 3 amide bonds. The van der Waals surface area contributed by atoms with Gasteiger partial charge in [-0.3, -0.25) is 19.1 Å². The summed E-state index contributed by atoms with van der Waals surface area (Å²) in [7, 11) is 1.78. The quantitative estimate of drug-likeness (QED) is 0.331. The van der Waals surface area contributed by atoms with Gasteiger partial charge < -0.3 is 20.2 Å². The molecule has 208 valence electrons. The zero-order chi connectivity index (χ0) is 29.1. The van der Waals surface area contributed by atoms with Crippen molar-refractivity contribution in [2.75, 3.05) is 23.3 Å². The van der Waals surface area contributed by atoms with Gasteiger partial charge >= 0.3 is 5.97 Å². The van der Waals surface area contributed by atoms with E-state index >= 15 is 0 Å². The van der Waals surface area contributed by atoms with Crippen LogP contribution in [0.3, 0.4) is 0 Å². The van der Waals surface area contributed by atoms with Crippen molar-refractivity contribution in [1.82, 2.24) is 14.7 Å². The monoisotopic (exact) mass is 571 g/mol. The Morgan fingerprint density at radius 2 is 1.73 bits per heavy atom. The van der Waals surface area contributed by atoms with Crippen molar-refractivity contribution in [2.45, 2.75) is 12.5 Å². The van der Waals surface area contributed by atoms with E-state index in [0.717, 1.165) is 11.1 Å². The largest absolute Gasteiger partial charge is 0.478 e. The number of aromatic nitrogens is 2. The number of carboxylic acid groups (broad SMARTS) is 1. The Morgan fingerprint density at radius 1 is 1.00 bits per heavy atom. The molecule has 10 nitrogen and oxygen atoms in total. The minimum Gasteiger partial charge on any atom is -0.478 e. The molecule has 0 radical (unpaired) electrons. The third-order valence-electron chi connectivity index (χ3n) is 6.84. The number of aryl methyl sites for hydroxylation is 1. The normalized spacial score (nSPS) is 14.2. The van der Waals surface area contributed by atoms with Gasteiger partial charge in [0.1, 0.15) is 19.1 Å². The van der Waals surface area contributed by atoms with Crippen LogP contribution in [0.15, 0.2) is 85.2 Å². The summed E-state index contributed by atoms with van der Waals surface area (Å²) in [5, 5.41) is 16.5. The smallest absolute Gasteiger partial charge is 0.335 e. The molecule has 1 atom stereocenters. The van der Waals surface area contributed by atoms with E-state index in [0.29, 0.717) is 22.0 Å². The van der Waals surface area contributed by atoms with Gasteiger partial charge in [0, 0.05) is 41.5 Å². The topological polar surface area (TPSA) is 125 Å². The Morgan fingerprint density at radius 3 is 2.39 bits per heavy atom. The molecule has 2 N–H and O–H groups in total. The van der Waals surface area contributed by atoms with Crippen LogP contribution in [0.4, 0.5) is 11.4 Å². The van der Waals surface area contributed by atoms with Crippen LogP contribution in [-0.4, -0.2) is 62.6 Å². The molecule has 1 aromatic heterocycles. The Hall–Kier alpha value is -4.96. The fraction of sp³-hybridized carbons (Fsp3) is 0.167. The Balaban J connectivity index is 1.42. The lowest BCUT2D eigenvalue weighted by Crippen LogP contribution is -2.60. The number of nitrogens with one attached hydrogen (secondary N) is 1. The van der Waals surface area contributed by atoms with Crippen LogP contribution >= 0.6 is 11.6 Å². The second kappa shape index (κ2) is 11.6. The SMILES string of the molecule is Cn1cc(-c2ccc(Cl)cc2N2CC(=O)N(C(Cc3ccccc3)C(=O)Nc3ccc(C(=O)O)cc3)CC2=O)cn1. The van der Waals surface area contributed by atoms with Crippen LogP contribution in [0.5, 0.6) is 0 Å². The van der Waals surface area contributed by atoms with Gasteiger partial charge in [0.25, 0.3) is 0 Å². The molecule has 5 rings (SSSR count). The number of nitrogens with zero attached hydrogens (tertiary/aromatic N) is 4. The fourth-order valence-corrected chi connectivity index (χ4v) is 4.94. The first-order chi connectivity index (χ1) is 19.7. The van der Waals surface area contributed by atoms with E-state index in [2.05, 4.69) is 10.4 Å². The number of hydrogen-bond donors (Lipinski definition) is 2. The Bertz CT molecular complexity index is 1620. The summed E-state index contributed by atoms with van der Waals surface area (Å²) in [5.41, 5.74) is 3.19. The maximum Gasteiger partial charge on any atom is 0.335 e. The van der Waals surface area contributed by atoms with Crippen molar-refractivity contribution in [3.8, 4) is 11.1 Å². The highest BCUT2D eigenvalue weighted by Crippen LogP contribution is 2.34. The molecule has 0 saturated carbocycles. The zero-order valence-electron chi connectivity index (χ0n) is 22.0. The predicted molar refractivity (Wildman–Crippen MR) is 154 cm³/mol. The fourth-order valence-electron chi connectivity index (χ4n) is 4.77. The predicted octanol–water partition coefficient (Wildman–Crippen LogP) is 3.86. The number of carbonyl (C=O) groups excluding carboxylic acids is 3. The molecule has 1 fully saturated rings. The molecule has 1 aliphatic rings. The van der Waals surface area contributed by atoms with E-state index in [-0.39, 0.29) is 31.0 Å². The van der Waals surface area contributed by atoms with Gasteiger partial charge in [-0.1, -0.05) is 48.0 Å². The molecule has 1 aliphatic heterocycles. The zero-order valence-corrected chi connectivity index (χ0v) is 22.8. The van der Waals surface area contributed by atoms with Crippen LogP contribution in [0, 0.1) is 0 Å². The molecule has 3 aromatic carbocycles. The lowest BCUT2D eigenvalue weighted by molar-refractivity contribution is -0.143. The number of carbonyl (C=O) groups is 4. The lowest BCUT2D eigenvalue weighted by atomic mass is 10.0. The molecule has 0 bridgehead atoms. The van der Waals surface area contributed by atoms with Crippen LogP contribution in [0.1, 0.15) is 15.9 Å². The van der Waals surface area contributed by atoms with Gasteiger partial charge in [0.15, 0.2) is 0 Å². The molecule has 1 saturated heterocycles. The molecule has 0 spiro atoms. The van der Waals surface area contributed by atoms with Gasteiger partial charge in [-0.15, -0.1) is 0 Å². The summed E-state index contributed by atoms with van der Waals surface area (Å²) in [6, 6.07) is 19.0. The molecule has 2 heterocycles. The van der Waals surface area contributed by atoms with Crippen molar-refractivity contribution >= 4 is 46.7 Å². The number of amides is 3. The van der Waals surface area contributed by atoms with Gasteiger partial charge in [-0.2, -0.15) is 5.10 Å². The van der Waals surface area contributed by atoms with Crippen LogP contribution < -0.4 is 10.2 Å². The highest BCUT2D eigenvalue weighted by Gasteiger charge is 2.39. The highest BCUT2D eigenvalue weighted by atomic mass is 35.5. The first-order valence-corrected chi connectivity index (χ1v) is 13.1. The van der Waals surface area contributed by atoms with E-state index in [1.807, 2.05) is 30.3 Å². The summed E-state index contributed by atoms with van der Waals surface area (Å²) in [6.45, 7) is -0.598. The summed E-state index contributed by atoms with van der Waals surface area (Å²) < 4.78 is 1.64. The second-order valence-electron chi connectivity index (χ2n) is 9.64. The molecule has 11 heteroatoms. The standard InChI is InChI=1S/C30H26ClN5O5/c1-34-16-21(15-32-34)24-12-9-22(31)14-25(24)35-17-28(38)36(18-27(35)37)26(13-19-5-3-2-4-6-19)29(39)33-23-10-7-20(8-11-23)30(40)41/h2-12,14-16,26H,13,17-18H2,1H3,(H,33,39)(H,40,41). The average molecular weight is 572 g/mol. The minimum atomic E-state index is -1.09. The first-order valence-electron chi connectivity index (χ1n) is 12.8. The number of aromatic carboxylic acids is 1. The minimum absolute atomic E-state index is 0.0763. The van der Waals surface area contributed by atoms with Gasteiger partial charge in [0.05, 0.1) is 17.4 Å². The number of benzene rings is 3. The van der Waals surface area contributed by atoms with Crippen molar-refractivity contribution < 1.29 is 24.3 Å². The molecule has 1 unspecified atom stereocenters. The maximum atomic E-state index is 13.6. The van der Waals surface area contributed by atoms with E-state index < -0.39 is 23.8 Å². The number of rotatable bonds is 8.